The molecule has 1 aliphatic rings. The number of esters is 1. The second kappa shape index (κ2) is 10.1. The molecule has 0 saturated heterocycles. The van der Waals surface area contributed by atoms with Crippen molar-refractivity contribution >= 4 is 42.4 Å². The molecule has 0 unspecified atom stereocenters. The zero-order valence-corrected chi connectivity index (χ0v) is 16.8. The molecule has 0 fully saturated rings. The number of hydrogen-bond acceptors (Lipinski definition) is 6. The highest BCUT2D eigenvalue weighted by Gasteiger charge is 2.33. The lowest BCUT2D eigenvalue weighted by Crippen LogP contribution is -2.10. The molecule has 0 radical (unpaired) electrons. The number of methoxy groups -OCH3 is 1. The molecule has 5 nitrogen and oxygen atoms in total. The van der Waals surface area contributed by atoms with Gasteiger partial charge >= 0.3 is 5.97 Å². The number of ether oxygens (including phenoxy) is 3. The standard InChI is InChI=1S/C17H19IO5S.CH4/c1-10(8-19)4-5-12-15(21-3)11(2)13-9-23-17(20)14(13)16(12)22-6-7-24-18;/h4,8H,5-7,9H2,1-3H3;1H4/b10-4+;. The number of allylic oxidation sites excluding steroid dienone is 2. The lowest BCUT2D eigenvalue weighted by atomic mass is 9.95. The third-order valence-corrected chi connectivity index (χ3v) is 5.49. The number of hydrogen-bond donors (Lipinski definition) is 0. The van der Waals surface area contributed by atoms with E-state index >= 15 is 0 Å². The Morgan fingerprint density at radius 1 is 1.40 bits per heavy atom. The smallest absolute Gasteiger partial charge is 0.342 e. The fourth-order valence-corrected chi connectivity index (χ4v) is 3.34. The number of carbonyl (C=O) groups excluding carboxylic acids is 2. The molecular weight excluding hydrogens is 455 g/mol. The quantitative estimate of drug-likeness (QED) is 0.181. The van der Waals surface area contributed by atoms with E-state index in [9.17, 15) is 9.59 Å². The lowest BCUT2D eigenvalue weighted by molar-refractivity contribution is -0.104. The summed E-state index contributed by atoms with van der Waals surface area (Å²) in [7, 11) is 3.23. The summed E-state index contributed by atoms with van der Waals surface area (Å²) >= 11 is 2.20. The van der Waals surface area contributed by atoms with Crippen molar-refractivity contribution in [3.8, 4) is 11.5 Å². The zero-order valence-electron chi connectivity index (χ0n) is 13.8. The Morgan fingerprint density at radius 2 is 2.12 bits per heavy atom. The maximum Gasteiger partial charge on any atom is 0.342 e. The van der Waals surface area contributed by atoms with Gasteiger partial charge in [-0.25, -0.2) is 4.79 Å². The largest absolute Gasteiger partial charge is 0.496 e. The summed E-state index contributed by atoms with van der Waals surface area (Å²) in [5.74, 6) is 1.61. The van der Waals surface area contributed by atoms with Gasteiger partial charge in [0, 0.05) is 16.9 Å². The van der Waals surface area contributed by atoms with Gasteiger partial charge < -0.3 is 14.2 Å². The molecular formula is C18H23IO5S. The Kier molecular flexibility index (Phi) is 8.78. The van der Waals surface area contributed by atoms with Gasteiger partial charge in [-0.05, 0) is 52.6 Å². The van der Waals surface area contributed by atoms with E-state index in [2.05, 4.69) is 21.2 Å². The molecule has 0 aliphatic carbocycles. The molecule has 0 aromatic heterocycles. The summed E-state index contributed by atoms with van der Waals surface area (Å²) < 4.78 is 16.7. The summed E-state index contributed by atoms with van der Waals surface area (Å²) in [5, 5.41) is 0. The molecule has 2 rings (SSSR count). The fraction of sp³-hybridized carbons (Fsp3) is 0.444. The minimum Gasteiger partial charge on any atom is -0.496 e. The normalized spacial score (nSPS) is 13.0. The van der Waals surface area contributed by atoms with Crippen molar-refractivity contribution in [2.24, 2.45) is 0 Å². The number of fused-ring (bicyclic) bond motifs is 1. The van der Waals surface area contributed by atoms with Crippen LogP contribution in [0.15, 0.2) is 11.6 Å². The summed E-state index contributed by atoms with van der Waals surface area (Å²) in [5.41, 5.74) is 3.56. The highest BCUT2D eigenvalue weighted by atomic mass is 127. The van der Waals surface area contributed by atoms with Crippen LogP contribution in [0.4, 0.5) is 0 Å². The van der Waals surface area contributed by atoms with Crippen LogP contribution in [0.5, 0.6) is 11.5 Å². The topological polar surface area (TPSA) is 61.8 Å². The van der Waals surface area contributed by atoms with Gasteiger partial charge in [-0.1, -0.05) is 22.4 Å². The van der Waals surface area contributed by atoms with Crippen LogP contribution in [-0.4, -0.2) is 31.7 Å². The third kappa shape index (κ3) is 4.69. The maximum absolute atomic E-state index is 12.2. The number of carbonyl (C=O) groups is 2. The summed E-state index contributed by atoms with van der Waals surface area (Å²) in [6, 6.07) is 0. The molecule has 1 aromatic rings. The van der Waals surface area contributed by atoms with Crippen molar-refractivity contribution in [1.82, 2.24) is 0 Å². The molecule has 0 N–H and O–H groups in total. The van der Waals surface area contributed by atoms with Crippen LogP contribution in [0.3, 0.4) is 0 Å². The average molecular weight is 478 g/mol. The Morgan fingerprint density at radius 3 is 2.72 bits per heavy atom. The summed E-state index contributed by atoms with van der Waals surface area (Å²) in [4.78, 5) is 23.1. The second-order valence-electron chi connectivity index (χ2n) is 5.33. The van der Waals surface area contributed by atoms with E-state index in [0.29, 0.717) is 35.7 Å². The predicted molar refractivity (Wildman–Crippen MR) is 109 cm³/mol. The predicted octanol–water partition coefficient (Wildman–Crippen LogP) is 4.46. The van der Waals surface area contributed by atoms with Crippen LogP contribution in [-0.2, 0) is 22.6 Å². The van der Waals surface area contributed by atoms with Crippen molar-refractivity contribution in [3.05, 3.63) is 33.9 Å². The Bertz CT molecular complexity index is 685. The molecule has 25 heavy (non-hydrogen) atoms. The van der Waals surface area contributed by atoms with Gasteiger partial charge in [0.25, 0.3) is 0 Å². The average Bonchev–Trinajstić information content (AvgIpc) is 2.97. The first kappa shape index (κ1) is 21.8. The summed E-state index contributed by atoms with van der Waals surface area (Å²) in [6.07, 6.45) is 3.05. The SMILES string of the molecule is C.COc1c(C)c2c(c(OCCSI)c1C/C=C(\C)C=O)C(=O)OC2. The monoisotopic (exact) mass is 478 g/mol. The highest BCUT2D eigenvalue weighted by Crippen LogP contribution is 2.42. The fourth-order valence-electron chi connectivity index (χ4n) is 2.66. The van der Waals surface area contributed by atoms with Gasteiger partial charge in [0.05, 0.1) is 13.7 Å². The van der Waals surface area contributed by atoms with Crippen LogP contribution in [0, 0.1) is 6.92 Å². The minimum absolute atomic E-state index is 0. The number of rotatable bonds is 8. The summed E-state index contributed by atoms with van der Waals surface area (Å²) in [6.45, 7) is 4.35. The Balaban J connectivity index is 0.00000312. The van der Waals surface area contributed by atoms with E-state index in [-0.39, 0.29) is 20.0 Å². The van der Waals surface area contributed by atoms with Crippen molar-refractivity contribution in [2.45, 2.75) is 34.3 Å². The lowest BCUT2D eigenvalue weighted by Gasteiger charge is -2.19. The third-order valence-electron chi connectivity index (χ3n) is 3.85. The van der Waals surface area contributed by atoms with Crippen molar-refractivity contribution in [1.29, 1.82) is 0 Å². The van der Waals surface area contributed by atoms with Crippen LogP contribution < -0.4 is 9.47 Å². The van der Waals surface area contributed by atoms with E-state index in [1.807, 2.05) is 6.92 Å². The van der Waals surface area contributed by atoms with Gasteiger partial charge in [0.1, 0.15) is 30.0 Å². The van der Waals surface area contributed by atoms with Crippen molar-refractivity contribution < 1.29 is 23.8 Å². The van der Waals surface area contributed by atoms with Gasteiger partial charge in [0.2, 0.25) is 0 Å². The van der Waals surface area contributed by atoms with Gasteiger partial charge in [-0.15, -0.1) is 0 Å². The van der Waals surface area contributed by atoms with E-state index < -0.39 is 0 Å². The van der Waals surface area contributed by atoms with Crippen molar-refractivity contribution in [2.75, 3.05) is 19.5 Å². The van der Waals surface area contributed by atoms with Gasteiger partial charge in [-0.3, -0.25) is 4.79 Å². The first-order valence-corrected chi connectivity index (χ1v) is 11.0. The number of cyclic esters (lactones) is 1. The molecule has 0 spiro atoms. The molecule has 1 aliphatic heterocycles. The van der Waals surface area contributed by atoms with E-state index in [4.69, 9.17) is 14.2 Å². The number of halogens is 1. The van der Waals surface area contributed by atoms with Gasteiger partial charge in [-0.2, -0.15) is 0 Å². The molecule has 138 valence electrons. The molecule has 1 aromatic carbocycles. The maximum atomic E-state index is 12.2. The molecule has 0 saturated carbocycles. The Hall–Kier alpha value is -1.22. The molecule has 0 amide bonds. The zero-order chi connectivity index (χ0) is 17.7. The first-order chi connectivity index (χ1) is 11.5. The highest BCUT2D eigenvalue weighted by molar-refractivity contribution is 14.2. The van der Waals surface area contributed by atoms with E-state index in [1.165, 1.54) is 0 Å². The second-order valence-corrected chi connectivity index (χ2v) is 7.82. The van der Waals surface area contributed by atoms with Crippen LogP contribution >= 0.6 is 30.1 Å². The van der Waals surface area contributed by atoms with Crippen LogP contribution in [0.1, 0.15) is 41.4 Å². The van der Waals surface area contributed by atoms with E-state index in [1.54, 1.807) is 29.0 Å². The number of aldehydes is 1. The molecule has 0 atom stereocenters. The minimum atomic E-state index is -0.370. The first-order valence-electron chi connectivity index (χ1n) is 7.42. The van der Waals surface area contributed by atoms with Gasteiger partial charge in [0.15, 0.2) is 0 Å². The van der Waals surface area contributed by atoms with Crippen LogP contribution in [0.2, 0.25) is 0 Å². The number of benzene rings is 1. The van der Waals surface area contributed by atoms with Crippen LogP contribution in [0.25, 0.3) is 0 Å². The molecule has 1 heterocycles. The van der Waals surface area contributed by atoms with E-state index in [0.717, 1.165) is 28.7 Å². The van der Waals surface area contributed by atoms with Crippen molar-refractivity contribution in [3.63, 3.8) is 0 Å². The molecule has 7 heteroatoms. The Labute approximate surface area is 165 Å². The molecule has 0 bridgehead atoms.